The molecule has 0 unspecified atom stereocenters. The second-order valence-corrected chi connectivity index (χ2v) is 7.42. The third-order valence-corrected chi connectivity index (χ3v) is 4.95. The number of aromatic carboxylic acids is 1. The Morgan fingerprint density at radius 2 is 1.69 bits per heavy atom. The van der Waals surface area contributed by atoms with Gasteiger partial charge in [0.25, 0.3) is 11.8 Å². The summed E-state index contributed by atoms with van der Waals surface area (Å²) in [6.07, 6.45) is -6.58. The molecular formula is C20H11ClF7N3O4. The van der Waals surface area contributed by atoms with Gasteiger partial charge < -0.3 is 14.8 Å². The predicted octanol–water partition coefficient (Wildman–Crippen LogP) is 5.94. The van der Waals surface area contributed by atoms with Crippen molar-refractivity contribution in [1.29, 1.82) is 0 Å². The van der Waals surface area contributed by atoms with Crippen LogP contribution in [0.15, 0.2) is 40.8 Å². The highest BCUT2D eigenvalue weighted by molar-refractivity contribution is 6.34. The Hall–Kier alpha value is -3.68. The minimum atomic E-state index is -6.58. The molecule has 0 radical (unpaired) electrons. The Kier molecular flexibility index (Phi) is 6.55. The lowest BCUT2D eigenvalue weighted by Gasteiger charge is -2.25. The fourth-order valence-corrected chi connectivity index (χ4v) is 3.09. The molecule has 0 aliphatic heterocycles. The quantitative estimate of drug-likeness (QED) is 0.386. The first-order chi connectivity index (χ1) is 16.1. The second-order valence-electron chi connectivity index (χ2n) is 7.01. The van der Waals surface area contributed by atoms with Crippen molar-refractivity contribution in [2.45, 2.75) is 24.9 Å². The van der Waals surface area contributed by atoms with E-state index in [0.717, 1.165) is 6.07 Å². The number of aryl methyl sites for hydroxylation is 1. The Balaban J connectivity index is 1.88. The zero-order valence-electron chi connectivity index (χ0n) is 17.1. The lowest BCUT2D eigenvalue weighted by Crippen LogP contribution is -2.50. The summed E-state index contributed by atoms with van der Waals surface area (Å²) in [7, 11) is 0. The first-order valence-electron chi connectivity index (χ1n) is 9.18. The van der Waals surface area contributed by atoms with Crippen LogP contribution in [0.2, 0.25) is 5.02 Å². The van der Waals surface area contributed by atoms with Gasteiger partial charge in [0.2, 0.25) is 5.89 Å². The van der Waals surface area contributed by atoms with Gasteiger partial charge in [-0.1, -0.05) is 17.7 Å². The minimum Gasteiger partial charge on any atom is -0.478 e. The number of alkyl halides is 7. The molecule has 1 aromatic heterocycles. The number of carbonyl (C=O) groups excluding carboxylic acids is 1. The van der Waals surface area contributed by atoms with E-state index in [4.69, 9.17) is 11.6 Å². The monoisotopic (exact) mass is 525 g/mol. The van der Waals surface area contributed by atoms with Crippen LogP contribution >= 0.6 is 11.6 Å². The molecule has 0 atom stereocenters. The molecule has 0 saturated carbocycles. The maximum atomic E-state index is 13.8. The van der Waals surface area contributed by atoms with Crippen LogP contribution in [0.1, 0.15) is 32.2 Å². The molecule has 15 heteroatoms. The van der Waals surface area contributed by atoms with Crippen molar-refractivity contribution in [1.82, 2.24) is 10.2 Å². The first kappa shape index (κ1) is 25.9. The van der Waals surface area contributed by atoms with Gasteiger partial charge in [-0.3, -0.25) is 4.79 Å². The molecule has 1 heterocycles. The molecule has 3 rings (SSSR count). The molecule has 2 N–H and O–H groups in total. The molecule has 35 heavy (non-hydrogen) atoms. The van der Waals surface area contributed by atoms with E-state index in [0.29, 0.717) is 0 Å². The Morgan fingerprint density at radius 3 is 2.26 bits per heavy atom. The van der Waals surface area contributed by atoms with Gasteiger partial charge >= 0.3 is 24.0 Å². The van der Waals surface area contributed by atoms with Crippen molar-refractivity contribution >= 4 is 29.2 Å². The summed E-state index contributed by atoms with van der Waals surface area (Å²) in [4.78, 5) is 24.0. The van der Waals surface area contributed by atoms with Crippen LogP contribution in [-0.2, 0) is 5.92 Å². The van der Waals surface area contributed by atoms with E-state index < -0.39 is 47.2 Å². The molecule has 7 nitrogen and oxygen atoms in total. The zero-order valence-corrected chi connectivity index (χ0v) is 17.8. The SMILES string of the molecule is Cc1cc(-c2nnc(C(F)(F)C(F)(F)C(F)(F)F)o2)ccc1NC(=O)c1cccc(Cl)c1C(=O)O. The number of aromatic nitrogens is 2. The summed E-state index contributed by atoms with van der Waals surface area (Å²) >= 11 is 5.83. The highest BCUT2D eigenvalue weighted by atomic mass is 35.5. The molecule has 0 bridgehead atoms. The van der Waals surface area contributed by atoms with E-state index in [9.17, 15) is 45.4 Å². The van der Waals surface area contributed by atoms with Crippen molar-refractivity contribution in [3.8, 4) is 11.5 Å². The number of rotatable bonds is 6. The fraction of sp³-hybridized carbons (Fsp3) is 0.200. The van der Waals surface area contributed by atoms with Crippen molar-refractivity contribution in [2.24, 2.45) is 0 Å². The summed E-state index contributed by atoms with van der Waals surface area (Å²) in [5.74, 6) is -17.6. The van der Waals surface area contributed by atoms with Gasteiger partial charge in [0.1, 0.15) is 0 Å². The number of halogens is 8. The third-order valence-electron chi connectivity index (χ3n) is 4.64. The van der Waals surface area contributed by atoms with Gasteiger partial charge in [-0.15, -0.1) is 10.2 Å². The average molecular weight is 526 g/mol. The van der Waals surface area contributed by atoms with E-state index in [1.54, 1.807) is 0 Å². The summed E-state index contributed by atoms with van der Waals surface area (Å²) in [5, 5.41) is 17.3. The van der Waals surface area contributed by atoms with Crippen LogP contribution in [-0.4, -0.2) is 39.3 Å². The molecule has 3 aromatic rings. The Morgan fingerprint density at radius 1 is 1.03 bits per heavy atom. The average Bonchev–Trinajstić information content (AvgIpc) is 3.24. The summed E-state index contributed by atoms with van der Waals surface area (Å²) < 4.78 is 95.4. The maximum Gasteiger partial charge on any atom is 0.460 e. The molecule has 0 saturated heterocycles. The number of hydrogen-bond acceptors (Lipinski definition) is 5. The number of nitrogens with one attached hydrogen (secondary N) is 1. The largest absolute Gasteiger partial charge is 0.478 e. The van der Waals surface area contributed by atoms with Gasteiger partial charge in [-0.2, -0.15) is 30.7 Å². The second kappa shape index (κ2) is 8.83. The molecule has 1 amide bonds. The molecule has 0 spiro atoms. The third kappa shape index (κ3) is 4.65. The van der Waals surface area contributed by atoms with Crippen LogP contribution in [0.4, 0.5) is 36.4 Å². The standard InChI is InChI=1S/C20H11ClF7N3O4/c1-8-7-9(15-30-31-17(35-15)18(22,23)19(24,25)20(26,27)28)5-6-12(8)29-14(32)10-3-2-4-11(21)13(10)16(33)34/h2-7H,1H3,(H,29,32)(H,33,34). The molecule has 0 aliphatic carbocycles. The van der Waals surface area contributed by atoms with Crippen LogP contribution in [0.25, 0.3) is 11.5 Å². The number of anilines is 1. The van der Waals surface area contributed by atoms with Gasteiger partial charge in [-0.05, 0) is 42.8 Å². The fourth-order valence-electron chi connectivity index (χ4n) is 2.84. The molecule has 0 aliphatic rings. The maximum absolute atomic E-state index is 13.8. The number of carboxylic acid groups (broad SMARTS) is 1. The number of hydrogen-bond donors (Lipinski definition) is 2. The number of carbonyl (C=O) groups is 2. The van der Waals surface area contributed by atoms with Gasteiger partial charge in [0, 0.05) is 11.3 Å². The van der Waals surface area contributed by atoms with Crippen LogP contribution in [0.3, 0.4) is 0 Å². The predicted molar refractivity (Wildman–Crippen MR) is 106 cm³/mol. The topological polar surface area (TPSA) is 105 Å². The number of amides is 1. The van der Waals surface area contributed by atoms with Crippen molar-refractivity contribution in [3.63, 3.8) is 0 Å². The van der Waals surface area contributed by atoms with Crippen LogP contribution in [0, 0.1) is 6.92 Å². The molecule has 0 fully saturated rings. The van der Waals surface area contributed by atoms with Crippen LogP contribution in [0.5, 0.6) is 0 Å². The first-order valence-corrected chi connectivity index (χ1v) is 9.56. The Bertz CT molecular complexity index is 1310. The van der Waals surface area contributed by atoms with Gasteiger partial charge in [0.15, 0.2) is 0 Å². The number of nitrogens with zero attached hydrogens (tertiary/aromatic N) is 2. The number of carboxylic acids is 1. The highest BCUT2D eigenvalue weighted by Gasteiger charge is 2.76. The molecule has 186 valence electrons. The highest BCUT2D eigenvalue weighted by Crippen LogP contribution is 2.51. The van der Waals surface area contributed by atoms with E-state index in [1.807, 2.05) is 0 Å². The normalized spacial score (nSPS) is 12.5. The smallest absolute Gasteiger partial charge is 0.460 e. The van der Waals surface area contributed by atoms with E-state index >= 15 is 0 Å². The van der Waals surface area contributed by atoms with Crippen molar-refractivity contribution in [2.75, 3.05) is 5.32 Å². The molecule has 2 aromatic carbocycles. The van der Waals surface area contributed by atoms with E-state index in [1.165, 1.54) is 37.3 Å². The number of benzene rings is 2. The van der Waals surface area contributed by atoms with Crippen molar-refractivity contribution in [3.05, 3.63) is 64.0 Å². The lowest BCUT2D eigenvalue weighted by molar-refractivity contribution is -0.364. The van der Waals surface area contributed by atoms with Gasteiger partial charge in [-0.25, -0.2) is 4.79 Å². The van der Waals surface area contributed by atoms with E-state index in [-0.39, 0.29) is 27.4 Å². The minimum absolute atomic E-state index is 0.115. The summed E-state index contributed by atoms with van der Waals surface area (Å²) in [5.41, 5.74) is -0.497. The molecular weight excluding hydrogens is 515 g/mol. The van der Waals surface area contributed by atoms with Crippen LogP contribution < -0.4 is 5.32 Å². The zero-order chi connectivity index (χ0) is 26.3. The van der Waals surface area contributed by atoms with E-state index in [2.05, 4.69) is 19.9 Å². The van der Waals surface area contributed by atoms with Gasteiger partial charge in [0.05, 0.1) is 16.1 Å². The van der Waals surface area contributed by atoms with Crippen molar-refractivity contribution < 1.29 is 49.8 Å². The summed E-state index contributed by atoms with van der Waals surface area (Å²) in [6.45, 7) is 1.42. The lowest BCUT2D eigenvalue weighted by atomic mass is 10.1. The summed E-state index contributed by atoms with van der Waals surface area (Å²) in [6, 6.07) is 7.35. The Labute approximate surface area is 195 Å².